The van der Waals surface area contributed by atoms with Crippen LogP contribution in [0.5, 0.6) is 0 Å². The van der Waals surface area contributed by atoms with Crippen LogP contribution in [0, 0.1) is 6.92 Å². The second kappa shape index (κ2) is 4.27. The van der Waals surface area contributed by atoms with Crippen LogP contribution in [0.3, 0.4) is 0 Å². The van der Waals surface area contributed by atoms with E-state index in [1.54, 1.807) is 0 Å². The summed E-state index contributed by atoms with van der Waals surface area (Å²) in [5, 5.41) is 3.16. The summed E-state index contributed by atoms with van der Waals surface area (Å²) in [6.07, 6.45) is -4.69. The first-order valence-electron chi connectivity index (χ1n) is 4.68. The number of aromatic nitrogens is 1. The molecule has 5 nitrogen and oxygen atoms in total. The van der Waals surface area contributed by atoms with Gasteiger partial charge in [-0.15, -0.1) is 0 Å². The van der Waals surface area contributed by atoms with Gasteiger partial charge in [-0.25, -0.2) is 8.42 Å². The molecular formula is C9H5ClF3NO4S. The van der Waals surface area contributed by atoms with E-state index in [9.17, 15) is 21.6 Å². The van der Waals surface area contributed by atoms with Crippen molar-refractivity contribution >= 4 is 19.7 Å². The lowest BCUT2D eigenvalue weighted by Crippen LogP contribution is -2.02. The maximum atomic E-state index is 12.3. The second-order valence-corrected chi connectivity index (χ2v) is 6.08. The summed E-state index contributed by atoms with van der Waals surface area (Å²) in [5.41, 5.74) is -0.276. The molecule has 0 N–H and O–H groups in total. The number of hydrogen-bond donors (Lipinski definition) is 0. The van der Waals surface area contributed by atoms with Crippen molar-refractivity contribution in [2.45, 2.75) is 18.0 Å². The average molecular weight is 316 g/mol. The lowest BCUT2D eigenvalue weighted by atomic mass is 10.3. The fraction of sp³-hybridized carbons (Fsp3) is 0.222. The Hall–Kier alpha value is -1.48. The number of nitrogens with zero attached hydrogens (tertiary/aromatic N) is 1. The average Bonchev–Trinajstić information content (AvgIpc) is 2.79. The maximum absolute atomic E-state index is 12.3. The molecule has 0 aliphatic rings. The molecule has 0 saturated carbocycles. The molecule has 0 spiro atoms. The van der Waals surface area contributed by atoms with Crippen LogP contribution in [0.2, 0.25) is 0 Å². The largest absolute Gasteiger partial charge is 0.458 e. The molecule has 0 radical (unpaired) electrons. The van der Waals surface area contributed by atoms with Crippen molar-refractivity contribution in [3.05, 3.63) is 23.7 Å². The van der Waals surface area contributed by atoms with Crippen LogP contribution in [0.25, 0.3) is 11.5 Å². The van der Waals surface area contributed by atoms with Crippen LogP contribution in [0.4, 0.5) is 13.2 Å². The summed E-state index contributed by atoms with van der Waals surface area (Å²) in [6.45, 7) is 1.31. The molecule has 10 heteroatoms. The van der Waals surface area contributed by atoms with Gasteiger partial charge in [0.15, 0.2) is 5.76 Å². The van der Waals surface area contributed by atoms with Gasteiger partial charge in [0.2, 0.25) is 5.76 Å². The van der Waals surface area contributed by atoms with Gasteiger partial charge >= 0.3 is 6.18 Å². The maximum Gasteiger partial charge on any atom is 0.452 e. The molecule has 2 rings (SSSR count). The van der Waals surface area contributed by atoms with Gasteiger partial charge in [-0.1, -0.05) is 5.16 Å². The smallest absolute Gasteiger partial charge is 0.452 e. The Morgan fingerprint density at radius 3 is 2.37 bits per heavy atom. The Labute approximate surface area is 109 Å². The highest BCUT2D eigenvalue weighted by molar-refractivity contribution is 8.13. The summed E-state index contributed by atoms with van der Waals surface area (Å²) >= 11 is 0. The van der Waals surface area contributed by atoms with E-state index in [2.05, 4.69) is 9.68 Å². The predicted octanol–water partition coefficient (Wildman–Crippen LogP) is 3.19. The van der Waals surface area contributed by atoms with E-state index < -0.39 is 21.0 Å². The zero-order valence-corrected chi connectivity index (χ0v) is 10.7. The number of rotatable bonds is 2. The summed E-state index contributed by atoms with van der Waals surface area (Å²) in [6, 6.07) is 1.58. The molecule has 2 heterocycles. The molecule has 0 aromatic carbocycles. The van der Waals surface area contributed by atoms with E-state index in [0.717, 1.165) is 6.07 Å². The molecule has 0 fully saturated rings. The zero-order valence-electron chi connectivity index (χ0n) is 9.16. The van der Waals surface area contributed by atoms with Crippen molar-refractivity contribution in [2.75, 3.05) is 0 Å². The van der Waals surface area contributed by atoms with Crippen molar-refractivity contribution in [3.8, 4) is 11.5 Å². The van der Waals surface area contributed by atoms with Gasteiger partial charge in [0.25, 0.3) is 9.05 Å². The lowest BCUT2D eigenvalue weighted by molar-refractivity contribution is -0.155. The summed E-state index contributed by atoms with van der Waals surface area (Å²) in [7, 11) is 1.09. The number of halogens is 4. The van der Waals surface area contributed by atoms with Gasteiger partial charge in [0.05, 0.1) is 0 Å². The van der Waals surface area contributed by atoms with Crippen LogP contribution in [0.1, 0.15) is 11.5 Å². The standard InChI is InChI=1S/C9H5ClF3NO4S/c1-4-7(19(10,15)16)3-6(17-4)5-2-8(18-14-5)9(11,12)13/h2-3H,1H3. The van der Waals surface area contributed by atoms with Crippen molar-refractivity contribution in [3.63, 3.8) is 0 Å². The Bertz CT molecular complexity index is 716. The minimum atomic E-state index is -4.69. The van der Waals surface area contributed by atoms with E-state index in [1.807, 2.05) is 0 Å². The van der Waals surface area contributed by atoms with Crippen molar-refractivity contribution in [2.24, 2.45) is 0 Å². The van der Waals surface area contributed by atoms with E-state index in [0.29, 0.717) is 6.07 Å². The van der Waals surface area contributed by atoms with Gasteiger partial charge < -0.3 is 8.94 Å². The third kappa shape index (κ3) is 2.76. The van der Waals surface area contributed by atoms with E-state index in [1.165, 1.54) is 6.92 Å². The Kier molecular flexibility index (Phi) is 3.13. The fourth-order valence-electron chi connectivity index (χ4n) is 1.36. The highest BCUT2D eigenvalue weighted by Crippen LogP contribution is 2.34. The van der Waals surface area contributed by atoms with Crippen molar-refractivity contribution < 1.29 is 30.5 Å². The third-order valence-electron chi connectivity index (χ3n) is 2.18. The monoisotopic (exact) mass is 315 g/mol. The van der Waals surface area contributed by atoms with Gasteiger partial charge in [-0.3, -0.25) is 0 Å². The van der Waals surface area contributed by atoms with Crippen LogP contribution >= 0.6 is 10.7 Å². The highest BCUT2D eigenvalue weighted by Gasteiger charge is 2.36. The molecule has 0 bridgehead atoms. The molecular weight excluding hydrogens is 311 g/mol. The minimum Gasteiger partial charge on any atom is -0.458 e. The molecule has 2 aromatic heterocycles. The Balaban J connectivity index is 2.47. The van der Waals surface area contributed by atoms with Gasteiger partial charge in [-0.05, 0) is 6.92 Å². The van der Waals surface area contributed by atoms with Crippen LogP contribution in [-0.4, -0.2) is 13.6 Å². The third-order valence-corrected chi connectivity index (χ3v) is 3.61. The predicted molar refractivity (Wildman–Crippen MR) is 57.0 cm³/mol. The highest BCUT2D eigenvalue weighted by atomic mass is 35.7. The first kappa shape index (κ1) is 13.9. The topological polar surface area (TPSA) is 73.3 Å². The van der Waals surface area contributed by atoms with Gasteiger partial charge in [-0.2, -0.15) is 13.2 Å². The van der Waals surface area contributed by atoms with Crippen molar-refractivity contribution in [1.82, 2.24) is 5.16 Å². The zero-order chi connectivity index (χ0) is 14.4. The van der Waals surface area contributed by atoms with Gasteiger partial charge in [0.1, 0.15) is 16.3 Å². The molecule has 0 atom stereocenters. The second-order valence-electron chi connectivity index (χ2n) is 3.54. The first-order chi connectivity index (χ1) is 8.59. The Morgan fingerprint density at radius 2 is 1.95 bits per heavy atom. The molecule has 2 aromatic rings. The van der Waals surface area contributed by atoms with E-state index in [-0.39, 0.29) is 22.1 Å². The van der Waals surface area contributed by atoms with Gasteiger partial charge in [0, 0.05) is 22.8 Å². The summed E-state index contributed by atoms with van der Waals surface area (Å²) in [5.74, 6) is -1.55. The molecule has 0 aliphatic heterocycles. The molecule has 0 amide bonds. The number of hydrogen-bond acceptors (Lipinski definition) is 5. The molecule has 0 aliphatic carbocycles. The minimum absolute atomic E-state index is 0.0541. The fourth-order valence-corrected chi connectivity index (χ4v) is 2.45. The molecule has 104 valence electrons. The van der Waals surface area contributed by atoms with Crippen LogP contribution in [0.15, 0.2) is 26.0 Å². The molecule has 0 unspecified atom stereocenters. The number of furan rings is 1. The summed E-state index contributed by atoms with van der Waals surface area (Å²) < 4.78 is 68.3. The number of alkyl halides is 3. The Morgan fingerprint density at radius 1 is 1.32 bits per heavy atom. The molecule has 19 heavy (non-hydrogen) atoms. The quantitative estimate of drug-likeness (QED) is 0.796. The van der Waals surface area contributed by atoms with Crippen LogP contribution in [-0.2, 0) is 15.2 Å². The normalized spacial score (nSPS) is 12.9. The van der Waals surface area contributed by atoms with E-state index >= 15 is 0 Å². The SMILES string of the molecule is Cc1oc(-c2cc(C(F)(F)F)on2)cc1S(=O)(=O)Cl. The van der Waals surface area contributed by atoms with Crippen LogP contribution < -0.4 is 0 Å². The lowest BCUT2D eigenvalue weighted by Gasteiger charge is -1.97. The number of aryl methyl sites for hydroxylation is 1. The molecule has 0 saturated heterocycles. The van der Waals surface area contributed by atoms with Crippen molar-refractivity contribution in [1.29, 1.82) is 0 Å². The van der Waals surface area contributed by atoms with E-state index in [4.69, 9.17) is 15.1 Å². The first-order valence-corrected chi connectivity index (χ1v) is 6.99. The summed E-state index contributed by atoms with van der Waals surface area (Å²) in [4.78, 5) is -0.333.